The smallest absolute Gasteiger partial charge is 0.251 e. The van der Waals surface area contributed by atoms with Crippen molar-refractivity contribution in [3.8, 4) is 0 Å². The van der Waals surface area contributed by atoms with Gasteiger partial charge in [-0.15, -0.1) is 0 Å². The molecule has 6 heteroatoms. The number of fused-ring (bicyclic) bond motifs is 3. The maximum absolute atomic E-state index is 14.4. The fourth-order valence-electron chi connectivity index (χ4n) is 6.64. The monoisotopic (exact) mass is 497 g/mol. The second kappa shape index (κ2) is 10.0. The van der Waals surface area contributed by atoms with Crippen molar-refractivity contribution in [2.75, 3.05) is 11.9 Å². The van der Waals surface area contributed by atoms with Gasteiger partial charge in [-0.25, -0.2) is 4.39 Å². The van der Waals surface area contributed by atoms with Crippen LogP contribution in [0.15, 0.2) is 78.9 Å². The van der Waals surface area contributed by atoms with E-state index in [4.69, 9.17) is 0 Å². The predicted octanol–water partition coefficient (Wildman–Crippen LogP) is 5.87. The lowest BCUT2D eigenvalue weighted by molar-refractivity contribution is -0.138. The van der Waals surface area contributed by atoms with Gasteiger partial charge in [0.1, 0.15) is 5.82 Å². The van der Waals surface area contributed by atoms with Crippen LogP contribution in [0.1, 0.15) is 65.7 Å². The zero-order valence-electron chi connectivity index (χ0n) is 20.8. The molecule has 5 nitrogen and oxygen atoms in total. The van der Waals surface area contributed by atoms with Crippen LogP contribution in [0.25, 0.3) is 0 Å². The van der Waals surface area contributed by atoms with Gasteiger partial charge in [0, 0.05) is 35.3 Å². The summed E-state index contributed by atoms with van der Waals surface area (Å²) in [5.74, 6) is -0.483. The Morgan fingerprint density at radius 1 is 0.892 bits per heavy atom. The number of benzene rings is 3. The van der Waals surface area contributed by atoms with E-state index in [0.717, 1.165) is 43.4 Å². The molecule has 5 atom stereocenters. The van der Waals surface area contributed by atoms with Gasteiger partial charge >= 0.3 is 0 Å². The first kappa shape index (κ1) is 23.7. The van der Waals surface area contributed by atoms with Gasteiger partial charge in [0.25, 0.3) is 5.91 Å². The zero-order valence-corrected chi connectivity index (χ0v) is 20.8. The van der Waals surface area contributed by atoms with E-state index in [0.29, 0.717) is 12.1 Å². The number of nitrogens with one attached hydrogen (secondary N) is 2. The van der Waals surface area contributed by atoms with Gasteiger partial charge in [-0.2, -0.15) is 0 Å². The molecule has 2 fully saturated rings. The summed E-state index contributed by atoms with van der Waals surface area (Å²) < 4.78 is 14.4. The molecule has 0 aromatic heterocycles. The summed E-state index contributed by atoms with van der Waals surface area (Å²) in [5, 5.41) is 6.81. The summed E-state index contributed by atoms with van der Waals surface area (Å²) in [7, 11) is 0. The number of likely N-dealkylation sites (tertiary alicyclic amines) is 1. The fraction of sp³-hybridized carbons (Fsp3) is 0.355. The van der Waals surface area contributed by atoms with Crippen molar-refractivity contribution in [3.05, 3.63) is 101 Å². The molecule has 2 aliphatic heterocycles. The summed E-state index contributed by atoms with van der Waals surface area (Å²) in [6.45, 7) is 0.630. The first-order valence-electron chi connectivity index (χ1n) is 13.4. The standard InChI is InChI=1S/C31H32FN3O2/c32-22-15-16-27-25(19-22)29-24(28(33-27)20-9-3-1-4-10-20)17-18-35(29)31(37)23-13-7-8-14-26(23)34-30(36)21-11-5-2-6-12-21/h1-6,9-12,15-16,19,23-24,26,28-29,33H,7-8,13-14,17-18H2,(H,34,36)/t23-,24-,26+,28-,29+/m0/s1. The molecule has 3 aliphatic rings. The highest BCUT2D eigenvalue weighted by Gasteiger charge is 2.48. The van der Waals surface area contributed by atoms with Crippen molar-refractivity contribution in [1.82, 2.24) is 10.2 Å². The molecule has 6 rings (SSSR count). The Labute approximate surface area is 217 Å². The van der Waals surface area contributed by atoms with E-state index in [1.807, 2.05) is 41.3 Å². The average Bonchev–Trinajstić information content (AvgIpc) is 3.39. The maximum Gasteiger partial charge on any atom is 0.251 e. The van der Waals surface area contributed by atoms with E-state index in [1.165, 1.54) is 11.6 Å². The molecule has 1 saturated heterocycles. The van der Waals surface area contributed by atoms with Crippen LogP contribution in [0.5, 0.6) is 0 Å². The minimum Gasteiger partial charge on any atom is -0.378 e. The van der Waals surface area contributed by atoms with Gasteiger partial charge in [-0.1, -0.05) is 61.4 Å². The number of hydrogen-bond acceptors (Lipinski definition) is 3. The molecule has 1 saturated carbocycles. The van der Waals surface area contributed by atoms with E-state index >= 15 is 0 Å². The molecular formula is C31H32FN3O2. The molecule has 37 heavy (non-hydrogen) atoms. The van der Waals surface area contributed by atoms with Crippen LogP contribution in [-0.4, -0.2) is 29.3 Å². The number of hydrogen-bond donors (Lipinski definition) is 2. The number of halogens is 1. The molecule has 0 spiro atoms. The lowest BCUT2D eigenvalue weighted by Gasteiger charge is -2.42. The number of rotatable bonds is 4. The first-order chi connectivity index (χ1) is 18.1. The van der Waals surface area contributed by atoms with Crippen molar-refractivity contribution in [1.29, 1.82) is 0 Å². The fourth-order valence-corrected chi connectivity index (χ4v) is 6.64. The number of amides is 2. The summed E-state index contributed by atoms with van der Waals surface area (Å²) in [6.07, 6.45) is 4.34. The maximum atomic E-state index is 14.4. The Kier molecular flexibility index (Phi) is 6.41. The van der Waals surface area contributed by atoms with Gasteiger partial charge in [0.15, 0.2) is 0 Å². The highest BCUT2D eigenvalue weighted by Crippen LogP contribution is 2.52. The van der Waals surface area contributed by atoms with Gasteiger partial charge in [0.05, 0.1) is 18.0 Å². The zero-order chi connectivity index (χ0) is 25.4. The Bertz CT molecular complexity index is 1280. The Morgan fingerprint density at radius 3 is 2.41 bits per heavy atom. The number of anilines is 1. The molecule has 1 aliphatic carbocycles. The lowest BCUT2D eigenvalue weighted by atomic mass is 9.79. The molecule has 2 amide bonds. The molecule has 3 aromatic rings. The molecule has 0 radical (unpaired) electrons. The topological polar surface area (TPSA) is 61.4 Å². The number of carbonyl (C=O) groups excluding carboxylic acids is 2. The summed E-state index contributed by atoms with van der Waals surface area (Å²) in [4.78, 5) is 29.1. The van der Waals surface area contributed by atoms with E-state index < -0.39 is 0 Å². The Hall–Kier alpha value is -3.67. The number of nitrogens with zero attached hydrogens (tertiary/aromatic N) is 1. The van der Waals surface area contributed by atoms with Gasteiger partial charge in [-0.05, 0) is 55.2 Å². The molecule has 0 unspecified atom stereocenters. The van der Waals surface area contributed by atoms with Crippen LogP contribution in [-0.2, 0) is 4.79 Å². The quantitative estimate of drug-likeness (QED) is 0.474. The van der Waals surface area contributed by atoms with E-state index in [-0.39, 0.29) is 47.6 Å². The SMILES string of the molecule is O=C(N[C@@H]1CCCC[C@@H]1C(=O)N1CC[C@H]2[C@H](c3ccccc3)Nc3ccc(F)cc3[C@@H]21)c1ccccc1. The molecular weight excluding hydrogens is 465 g/mol. The lowest BCUT2D eigenvalue weighted by Crippen LogP contribution is -2.50. The van der Waals surface area contributed by atoms with Crippen molar-refractivity contribution < 1.29 is 14.0 Å². The Balaban J connectivity index is 1.30. The van der Waals surface area contributed by atoms with Gasteiger partial charge in [-0.3, -0.25) is 9.59 Å². The minimum absolute atomic E-state index is 0.0434. The van der Waals surface area contributed by atoms with Crippen molar-refractivity contribution in [3.63, 3.8) is 0 Å². The third kappa shape index (κ3) is 4.50. The van der Waals surface area contributed by atoms with Crippen molar-refractivity contribution >= 4 is 17.5 Å². The van der Waals surface area contributed by atoms with E-state index in [2.05, 4.69) is 22.8 Å². The normalized spacial score (nSPS) is 26.5. The molecule has 3 aromatic carbocycles. The summed E-state index contributed by atoms with van der Waals surface area (Å²) in [6, 6.07) is 24.0. The van der Waals surface area contributed by atoms with E-state index in [9.17, 15) is 14.0 Å². The van der Waals surface area contributed by atoms with Gasteiger partial charge < -0.3 is 15.5 Å². The second-order valence-electron chi connectivity index (χ2n) is 10.5. The van der Waals surface area contributed by atoms with Crippen LogP contribution >= 0.6 is 0 Å². The second-order valence-corrected chi connectivity index (χ2v) is 10.5. The van der Waals surface area contributed by atoms with Crippen LogP contribution in [0.3, 0.4) is 0 Å². The average molecular weight is 498 g/mol. The van der Waals surface area contributed by atoms with Crippen LogP contribution < -0.4 is 10.6 Å². The predicted molar refractivity (Wildman–Crippen MR) is 141 cm³/mol. The molecule has 190 valence electrons. The van der Waals surface area contributed by atoms with E-state index in [1.54, 1.807) is 24.3 Å². The third-order valence-electron chi connectivity index (χ3n) is 8.39. The van der Waals surface area contributed by atoms with Crippen LogP contribution in [0.2, 0.25) is 0 Å². The first-order valence-corrected chi connectivity index (χ1v) is 13.4. The van der Waals surface area contributed by atoms with Crippen LogP contribution in [0, 0.1) is 17.7 Å². The van der Waals surface area contributed by atoms with Crippen LogP contribution in [0.4, 0.5) is 10.1 Å². The highest BCUT2D eigenvalue weighted by atomic mass is 19.1. The molecule has 2 N–H and O–H groups in total. The van der Waals surface area contributed by atoms with Gasteiger partial charge in [0.2, 0.25) is 5.91 Å². The molecule has 0 bridgehead atoms. The van der Waals surface area contributed by atoms with Crippen molar-refractivity contribution in [2.45, 2.75) is 50.2 Å². The largest absolute Gasteiger partial charge is 0.378 e. The third-order valence-corrected chi connectivity index (χ3v) is 8.39. The summed E-state index contributed by atoms with van der Waals surface area (Å²) in [5.41, 5.74) is 3.51. The Morgan fingerprint density at radius 2 is 1.62 bits per heavy atom. The summed E-state index contributed by atoms with van der Waals surface area (Å²) >= 11 is 0. The molecule has 2 heterocycles. The highest BCUT2D eigenvalue weighted by molar-refractivity contribution is 5.95. The number of carbonyl (C=O) groups is 2. The minimum atomic E-state index is -0.289. The van der Waals surface area contributed by atoms with Crippen molar-refractivity contribution in [2.24, 2.45) is 11.8 Å².